The molecular weight excluding hydrogens is 460 g/mol. The number of methoxy groups -OCH3 is 1. The predicted molar refractivity (Wildman–Crippen MR) is 116 cm³/mol. The number of thiazole rings is 1. The SMILES string of the molecule is COC(=O)c1ccc(NC(=O)Cc2csc(SCc3ccc(Br)cc3)n2)cc1. The number of carbonyl (C=O) groups excluding carboxylic acids is 2. The molecule has 0 atom stereocenters. The van der Waals surface area contributed by atoms with E-state index < -0.39 is 5.97 Å². The Bertz CT molecular complexity index is 956. The Morgan fingerprint density at radius 3 is 2.54 bits per heavy atom. The summed E-state index contributed by atoms with van der Waals surface area (Å²) in [5.41, 5.74) is 3.02. The molecule has 2 aromatic carbocycles. The first-order valence-corrected chi connectivity index (χ1v) is 11.0. The molecule has 0 fully saturated rings. The number of rotatable bonds is 7. The van der Waals surface area contributed by atoms with E-state index in [9.17, 15) is 9.59 Å². The van der Waals surface area contributed by atoms with Crippen LogP contribution in [0.4, 0.5) is 5.69 Å². The molecule has 0 bridgehead atoms. The molecule has 0 aliphatic carbocycles. The molecule has 8 heteroatoms. The minimum atomic E-state index is -0.409. The van der Waals surface area contributed by atoms with Gasteiger partial charge in [-0.25, -0.2) is 9.78 Å². The van der Waals surface area contributed by atoms with Crippen LogP contribution in [0.2, 0.25) is 0 Å². The molecule has 0 radical (unpaired) electrons. The molecule has 144 valence electrons. The molecule has 3 aromatic rings. The Labute approximate surface area is 179 Å². The van der Waals surface area contributed by atoms with E-state index in [1.165, 1.54) is 24.0 Å². The first kappa shape index (κ1) is 20.6. The van der Waals surface area contributed by atoms with Crippen LogP contribution in [0.1, 0.15) is 21.6 Å². The van der Waals surface area contributed by atoms with Gasteiger partial charge in [-0.1, -0.05) is 39.8 Å². The summed E-state index contributed by atoms with van der Waals surface area (Å²) in [4.78, 5) is 28.2. The minimum Gasteiger partial charge on any atom is -0.465 e. The van der Waals surface area contributed by atoms with Crippen molar-refractivity contribution in [1.82, 2.24) is 4.98 Å². The van der Waals surface area contributed by atoms with Gasteiger partial charge in [0.05, 0.1) is 24.8 Å². The van der Waals surface area contributed by atoms with Gasteiger partial charge >= 0.3 is 5.97 Å². The summed E-state index contributed by atoms with van der Waals surface area (Å²) >= 11 is 6.62. The van der Waals surface area contributed by atoms with Gasteiger partial charge in [0.2, 0.25) is 5.91 Å². The van der Waals surface area contributed by atoms with Crippen molar-refractivity contribution in [3.8, 4) is 0 Å². The molecule has 5 nitrogen and oxygen atoms in total. The summed E-state index contributed by atoms with van der Waals surface area (Å²) in [6.07, 6.45) is 0.202. The zero-order valence-corrected chi connectivity index (χ0v) is 18.2. The van der Waals surface area contributed by atoms with Gasteiger partial charge in [0.25, 0.3) is 0 Å². The molecule has 0 aliphatic rings. The second-order valence-electron chi connectivity index (χ2n) is 5.81. The van der Waals surface area contributed by atoms with Crippen molar-refractivity contribution >= 4 is 56.6 Å². The highest BCUT2D eigenvalue weighted by molar-refractivity contribution is 9.10. The van der Waals surface area contributed by atoms with Crippen LogP contribution < -0.4 is 5.32 Å². The standard InChI is InChI=1S/C20H17BrN2O3S2/c1-26-19(25)14-4-8-16(9-5-14)22-18(24)10-17-12-28-20(23-17)27-11-13-2-6-15(21)7-3-13/h2-9,12H,10-11H2,1H3,(H,22,24). The minimum absolute atomic E-state index is 0.152. The van der Waals surface area contributed by atoms with Crippen LogP contribution in [-0.2, 0) is 21.7 Å². The Morgan fingerprint density at radius 2 is 1.86 bits per heavy atom. The zero-order chi connectivity index (χ0) is 19.9. The van der Waals surface area contributed by atoms with Crippen LogP contribution >= 0.6 is 39.0 Å². The summed E-state index contributed by atoms with van der Waals surface area (Å²) in [6.45, 7) is 0. The van der Waals surface area contributed by atoms with Crippen LogP contribution in [0.5, 0.6) is 0 Å². The number of carbonyl (C=O) groups is 2. The van der Waals surface area contributed by atoms with E-state index in [2.05, 4.69) is 43.1 Å². The van der Waals surface area contributed by atoms with Crippen molar-refractivity contribution in [2.45, 2.75) is 16.5 Å². The monoisotopic (exact) mass is 476 g/mol. The van der Waals surface area contributed by atoms with E-state index in [0.717, 1.165) is 20.3 Å². The van der Waals surface area contributed by atoms with Crippen molar-refractivity contribution in [1.29, 1.82) is 0 Å². The molecule has 0 aliphatic heterocycles. The molecule has 0 saturated heterocycles. The van der Waals surface area contributed by atoms with Gasteiger partial charge in [-0.2, -0.15) is 0 Å². The van der Waals surface area contributed by atoms with Crippen LogP contribution in [-0.4, -0.2) is 24.0 Å². The number of nitrogens with one attached hydrogen (secondary N) is 1. The maximum atomic E-state index is 12.2. The number of nitrogens with zero attached hydrogens (tertiary/aromatic N) is 1. The van der Waals surface area contributed by atoms with Gasteiger partial charge in [-0.3, -0.25) is 4.79 Å². The molecule has 3 rings (SSSR count). The number of hydrogen-bond acceptors (Lipinski definition) is 6. The number of ether oxygens (including phenoxy) is 1. The van der Waals surface area contributed by atoms with Crippen LogP contribution in [0, 0.1) is 0 Å². The quantitative estimate of drug-likeness (QED) is 0.376. The number of anilines is 1. The maximum absolute atomic E-state index is 12.2. The van der Waals surface area contributed by atoms with Gasteiger partial charge < -0.3 is 10.1 Å². The van der Waals surface area contributed by atoms with Gasteiger partial charge in [0, 0.05) is 21.3 Å². The number of halogens is 1. The summed E-state index contributed by atoms with van der Waals surface area (Å²) in [7, 11) is 1.33. The van der Waals surface area contributed by atoms with Crippen molar-refractivity contribution < 1.29 is 14.3 Å². The van der Waals surface area contributed by atoms with Crippen LogP contribution in [0.15, 0.2) is 62.7 Å². The molecular formula is C20H17BrN2O3S2. The number of benzene rings is 2. The lowest BCUT2D eigenvalue weighted by molar-refractivity contribution is -0.115. The number of thioether (sulfide) groups is 1. The maximum Gasteiger partial charge on any atom is 0.337 e. The first-order chi connectivity index (χ1) is 13.5. The normalized spacial score (nSPS) is 10.5. The average molecular weight is 477 g/mol. The number of esters is 1. The summed E-state index contributed by atoms with van der Waals surface area (Å²) in [5, 5.41) is 4.72. The fraction of sp³-hybridized carbons (Fsp3) is 0.150. The molecule has 1 N–H and O–H groups in total. The summed E-state index contributed by atoms with van der Waals surface area (Å²) in [5.74, 6) is 0.271. The molecule has 0 unspecified atom stereocenters. The Hall–Kier alpha value is -2.16. The van der Waals surface area contributed by atoms with E-state index >= 15 is 0 Å². The lowest BCUT2D eigenvalue weighted by Crippen LogP contribution is -2.14. The van der Waals surface area contributed by atoms with Gasteiger partial charge in [-0.05, 0) is 42.0 Å². The van der Waals surface area contributed by atoms with E-state index in [1.54, 1.807) is 36.0 Å². The smallest absolute Gasteiger partial charge is 0.337 e. The number of hydrogen-bond donors (Lipinski definition) is 1. The highest BCUT2D eigenvalue weighted by Crippen LogP contribution is 2.27. The van der Waals surface area contributed by atoms with E-state index in [-0.39, 0.29) is 12.3 Å². The van der Waals surface area contributed by atoms with Crippen LogP contribution in [0.3, 0.4) is 0 Å². The molecule has 1 aromatic heterocycles. The molecule has 0 saturated carbocycles. The fourth-order valence-corrected chi connectivity index (χ4v) is 4.40. The van der Waals surface area contributed by atoms with E-state index in [1.807, 2.05) is 17.5 Å². The average Bonchev–Trinajstić information content (AvgIpc) is 3.14. The molecule has 0 spiro atoms. The molecule has 1 amide bonds. The van der Waals surface area contributed by atoms with Crippen molar-refractivity contribution in [2.24, 2.45) is 0 Å². The number of aromatic nitrogens is 1. The summed E-state index contributed by atoms with van der Waals surface area (Å²) < 4.78 is 6.65. The lowest BCUT2D eigenvalue weighted by Gasteiger charge is -2.05. The first-order valence-electron chi connectivity index (χ1n) is 8.33. The van der Waals surface area contributed by atoms with Gasteiger partial charge in [0.1, 0.15) is 4.34 Å². The van der Waals surface area contributed by atoms with Crippen molar-refractivity contribution in [2.75, 3.05) is 12.4 Å². The summed E-state index contributed by atoms with van der Waals surface area (Å²) in [6, 6.07) is 14.8. The third-order valence-corrected chi connectivity index (χ3v) is 6.41. The third-order valence-electron chi connectivity index (χ3n) is 3.74. The van der Waals surface area contributed by atoms with E-state index in [0.29, 0.717) is 11.3 Å². The van der Waals surface area contributed by atoms with Gasteiger partial charge in [-0.15, -0.1) is 11.3 Å². The molecule has 28 heavy (non-hydrogen) atoms. The van der Waals surface area contributed by atoms with Crippen molar-refractivity contribution in [3.63, 3.8) is 0 Å². The third kappa shape index (κ3) is 5.92. The number of amides is 1. The van der Waals surface area contributed by atoms with E-state index in [4.69, 9.17) is 0 Å². The highest BCUT2D eigenvalue weighted by atomic mass is 79.9. The van der Waals surface area contributed by atoms with Crippen molar-refractivity contribution in [3.05, 3.63) is 75.2 Å². The van der Waals surface area contributed by atoms with Crippen LogP contribution in [0.25, 0.3) is 0 Å². The molecule has 1 heterocycles. The Kier molecular flexibility index (Phi) is 7.24. The Balaban J connectivity index is 1.50. The lowest BCUT2D eigenvalue weighted by atomic mass is 10.2. The zero-order valence-electron chi connectivity index (χ0n) is 15.0. The predicted octanol–water partition coefficient (Wildman–Crippen LogP) is 5.17. The highest BCUT2D eigenvalue weighted by Gasteiger charge is 2.10. The van der Waals surface area contributed by atoms with Gasteiger partial charge in [0.15, 0.2) is 0 Å². The second kappa shape index (κ2) is 9.86. The Morgan fingerprint density at radius 1 is 1.14 bits per heavy atom. The largest absolute Gasteiger partial charge is 0.465 e. The second-order valence-corrected chi connectivity index (χ2v) is 8.81. The fourth-order valence-electron chi connectivity index (χ4n) is 2.34. The topological polar surface area (TPSA) is 68.3 Å².